The first-order valence-electron chi connectivity index (χ1n) is 9.49. The fourth-order valence-electron chi connectivity index (χ4n) is 3.32. The minimum absolute atomic E-state index is 0.0228. The van der Waals surface area contributed by atoms with Crippen LogP contribution < -0.4 is 4.90 Å². The van der Waals surface area contributed by atoms with E-state index in [1.54, 1.807) is 0 Å². The number of hydrazone groups is 1. The second-order valence-corrected chi connectivity index (χ2v) is 8.16. The molecule has 0 saturated carbocycles. The Morgan fingerprint density at radius 2 is 1.76 bits per heavy atom. The highest BCUT2D eigenvalue weighted by molar-refractivity contribution is 9.10. The number of carbonyl (C=O) groups excluding carboxylic acids is 1. The van der Waals surface area contributed by atoms with Gasteiger partial charge in [-0.05, 0) is 41.8 Å². The molecule has 0 saturated heterocycles. The van der Waals surface area contributed by atoms with Gasteiger partial charge in [0, 0.05) is 43.5 Å². The van der Waals surface area contributed by atoms with Crippen molar-refractivity contribution < 1.29 is 14.7 Å². The van der Waals surface area contributed by atoms with Crippen LogP contribution in [0.1, 0.15) is 42.9 Å². The van der Waals surface area contributed by atoms with E-state index >= 15 is 0 Å². The van der Waals surface area contributed by atoms with E-state index in [1.807, 2.05) is 67.5 Å². The zero-order valence-corrected chi connectivity index (χ0v) is 18.1. The average molecular weight is 458 g/mol. The van der Waals surface area contributed by atoms with Gasteiger partial charge in [0.2, 0.25) is 5.91 Å². The number of carboxylic acids is 1. The molecule has 0 bridgehead atoms. The van der Waals surface area contributed by atoms with E-state index in [-0.39, 0.29) is 24.8 Å². The van der Waals surface area contributed by atoms with Crippen molar-refractivity contribution in [3.8, 4) is 0 Å². The molecule has 2 aromatic carbocycles. The zero-order valence-electron chi connectivity index (χ0n) is 16.5. The lowest BCUT2D eigenvalue weighted by atomic mass is 9.98. The van der Waals surface area contributed by atoms with Gasteiger partial charge in [0.05, 0.1) is 11.8 Å². The lowest BCUT2D eigenvalue weighted by Gasteiger charge is -2.23. The molecule has 0 aliphatic carbocycles. The van der Waals surface area contributed by atoms with E-state index in [4.69, 9.17) is 5.11 Å². The van der Waals surface area contributed by atoms with Crippen molar-refractivity contribution in [3.63, 3.8) is 0 Å². The number of aliphatic carboxylic acids is 1. The third kappa shape index (κ3) is 5.23. The summed E-state index contributed by atoms with van der Waals surface area (Å²) in [6.07, 6.45) is 1.06. The highest BCUT2D eigenvalue weighted by Gasteiger charge is 2.32. The second-order valence-electron chi connectivity index (χ2n) is 7.25. The van der Waals surface area contributed by atoms with Gasteiger partial charge in [0.15, 0.2) is 0 Å². The first-order chi connectivity index (χ1) is 13.8. The van der Waals surface area contributed by atoms with Crippen molar-refractivity contribution in [2.24, 2.45) is 5.10 Å². The van der Waals surface area contributed by atoms with Crippen LogP contribution in [0.25, 0.3) is 0 Å². The number of anilines is 1. The molecular weight excluding hydrogens is 434 g/mol. The van der Waals surface area contributed by atoms with Crippen LogP contribution in [-0.2, 0) is 9.59 Å². The van der Waals surface area contributed by atoms with Gasteiger partial charge in [0.25, 0.3) is 0 Å². The molecule has 1 N–H and O–H groups in total. The fourth-order valence-corrected chi connectivity index (χ4v) is 3.58. The smallest absolute Gasteiger partial charge is 0.303 e. The highest BCUT2D eigenvalue weighted by Crippen LogP contribution is 2.34. The number of nitrogens with zero attached hydrogens (tertiary/aromatic N) is 3. The lowest BCUT2D eigenvalue weighted by Crippen LogP contribution is -2.27. The summed E-state index contributed by atoms with van der Waals surface area (Å²) in [7, 11) is 3.97. The van der Waals surface area contributed by atoms with E-state index in [0.717, 1.165) is 27.0 Å². The molecule has 29 heavy (non-hydrogen) atoms. The van der Waals surface area contributed by atoms with E-state index in [1.165, 1.54) is 5.01 Å². The van der Waals surface area contributed by atoms with Gasteiger partial charge in [-0.1, -0.05) is 40.2 Å². The average Bonchev–Trinajstić information content (AvgIpc) is 3.14. The van der Waals surface area contributed by atoms with Crippen LogP contribution in [0.4, 0.5) is 5.69 Å². The molecule has 1 aliphatic heterocycles. The molecular formula is C22H24BrN3O3. The number of halogens is 1. The molecule has 0 fully saturated rings. The minimum atomic E-state index is -0.894. The fraction of sp³-hybridized carbons (Fsp3) is 0.318. The van der Waals surface area contributed by atoms with Crippen LogP contribution in [0.3, 0.4) is 0 Å². The molecule has 0 spiro atoms. The van der Waals surface area contributed by atoms with Crippen LogP contribution >= 0.6 is 15.9 Å². The molecule has 1 amide bonds. The zero-order chi connectivity index (χ0) is 21.0. The Kier molecular flexibility index (Phi) is 6.69. The van der Waals surface area contributed by atoms with Gasteiger partial charge in [-0.2, -0.15) is 5.10 Å². The molecule has 3 rings (SSSR count). The van der Waals surface area contributed by atoms with Crippen molar-refractivity contribution in [3.05, 3.63) is 64.1 Å². The number of rotatable bonds is 7. The summed E-state index contributed by atoms with van der Waals surface area (Å²) in [6.45, 7) is 0. The Bertz CT molecular complexity index is 908. The van der Waals surface area contributed by atoms with Crippen molar-refractivity contribution in [2.45, 2.75) is 31.7 Å². The second kappa shape index (κ2) is 9.22. The van der Waals surface area contributed by atoms with Crippen molar-refractivity contribution in [2.75, 3.05) is 19.0 Å². The third-order valence-electron chi connectivity index (χ3n) is 4.92. The van der Waals surface area contributed by atoms with Gasteiger partial charge in [-0.25, -0.2) is 5.01 Å². The minimum Gasteiger partial charge on any atom is -0.481 e. The number of hydrogen-bond donors (Lipinski definition) is 1. The van der Waals surface area contributed by atoms with Crippen LogP contribution in [0, 0.1) is 0 Å². The van der Waals surface area contributed by atoms with Gasteiger partial charge < -0.3 is 10.0 Å². The van der Waals surface area contributed by atoms with Gasteiger partial charge >= 0.3 is 5.97 Å². The van der Waals surface area contributed by atoms with E-state index in [2.05, 4.69) is 21.0 Å². The Morgan fingerprint density at radius 1 is 1.10 bits per heavy atom. The number of carboxylic acid groups (broad SMARTS) is 1. The van der Waals surface area contributed by atoms with Crippen LogP contribution in [0.5, 0.6) is 0 Å². The number of carbonyl (C=O) groups is 2. The van der Waals surface area contributed by atoms with Gasteiger partial charge in [0.1, 0.15) is 0 Å². The van der Waals surface area contributed by atoms with Crippen molar-refractivity contribution in [1.29, 1.82) is 0 Å². The van der Waals surface area contributed by atoms with E-state index in [0.29, 0.717) is 12.8 Å². The Balaban J connectivity index is 1.85. The summed E-state index contributed by atoms with van der Waals surface area (Å²) in [5.74, 6) is -1.05. The molecule has 0 radical (unpaired) electrons. The predicted octanol–water partition coefficient (Wildman–Crippen LogP) is 4.45. The molecule has 2 aromatic rings. The number of hydrogen-bond acceptors (Lipinski definition) is 4. The van der Waals surface area contributed by atoms with Gasteiger partial charge in [-0.15, -0.1) is 0 Å². The molecule has 152 valence electrons. The number of amides is 1. The largest absolute Gasteiger partial charge is 0.481 e. The maximum Gasteiger partial charge on any atom is 0.303 e. The maximum atomic E-state index is 12.8. The molecule has 1 atom stereocenters. The molecule has 1 aliphatic rings. The molecule has 7 heteroatoms. The Morgan fingerprint density at radius 3 is 2.34 bits per heavy atom. The molecule has 1 unspecified atom stereocenters. The summed E-state index contributed by atoms with van der Waals surface area (Å²) < 4.78 is 0.984. The first-order valence-corrected chi connectivity index (χ1v) is 10.3. The monoisotopic (exact) mass is 457 g/mol. The summed E-state index contributed by atoms with van der Waals surface area (Å²) in [5.41, 5.74) is 3.92. The topological polar surface area (TPSA) is 73.2 Å². The normalized spacial score (nSPS) is 15.9. The third-order valence-corrected chi connectivity index (χ3v) is 5.45. The first kappa shape index (κ1) is 21.0. The quantitative estimate of drug-likeness (QED) is 0.666. The summed E-state index contributed by atoms with van der Waals surface area (Å²) in [4.78, 5) is 25.6. The lowest BCUT2D eigenvalue weighted by molar-refractivity contribution is -0.137. The molecule has 0 aromatic heterocycles. The van der Waals surface area contributed by atoms with E-state index in [9.17, 15) is 9.59 Å². The molecule has 1 heterocycles. The highest BCUT2D eigenvalue weighted by atomic mass is 79.9. The van der Waals surface area contributed by atoms with E-state index < -0.39 is 5.97 Å². The summed E-state index contributed by atoms with van der Waals surface area (Å²) >= 11 is 3.44. The summed E-state index contributed by atoms with van der Waals surface area (Å²) in [6, 6.07) is 15.8. The summed E-state index contributed by atoms with van der Waals surface area (Å²) in [5, 5.41) is 15.0. The van der Waals surface area contributed by atoms with Crippen molar-refractivity contribution >= 4 is 39.2 Å². The Labute approximate surface area is 179 Å². The SMILES string of the molecule is CN(C)c1ccc(C2CC(c3ccc(Br)cc3)=NN2C(=O)CCCC(=O)O)cc1. The Hall–Kier alpha value is -2.67. The molecule has 6 nitrogen and oxygen atoms in total. The maximum absolute atomic E-state index is 12.8. The standard InChI is InChI=1S/C22H24BrN3O3/c1-25(2)18-12-8-16(9-13-18)20-14-19(15-6-10-17(23)11-7-15)24-26(20)21(27)4-3-5-22(28)29/h6-13,20H,3-5,14H2,1-2H3,(H,28,29). The van der Waals surface area contributed by atoms with Crippen LogP contribution in [-0.4, -0.2) is 41.8 Å². The van der Waals surface area contributed by atoms with Gasteiger partial charge in [-0.3, -0.25) is 9.59 Å². The van der Waals surface area contributed by atoms with Crippen molar-refractivity contribution in [1.82, 2.24) is 5.01 Å². The van der Waals surface area contributed by atoms with Crippen LogP contribution in [0.15, 0.2) is 58.1 Å². The van der Waals surface area contributed by atoms with Crippen LogP contribution in [0.2, 0.25) is 0 Å². The number of benzene rings is 2. The predicted molar refractivity (Wildman–Crippen MR) is 117 cm³/mol.